The SMILES string of the molecule is NC(N)=[NH+]NC=O.[Cl-]. The quantitative estimate of drug-likeness (QED) is 0.132. The van der Waals surface area contributed by atoms with Gasteiger partial charge in [-0.2, -0.15) is 5.10 Å². The molecule has 0 saturated heterocycles. The number of halogens is 1. The number of hydrogen-bond acceptors (Lipinski definition) is 1. The maximum absolute atomic E-state index is 9.41. The summed E-state index contributed by atoms with van der Waals surface area (Å²) in [5.41, 5.74) is 11.7. The van der Waals surface area contributed by atoms with E-state index in [-0.39, 0.29) is 18.4 Å². The van der Waals surface area contributed by atoms with Gasteiger partial charge in [0.2, 0.25) is 6.41 Å². The number of guanidine groups is 1. The minimum Gasteiger partial charge on any atom is -1.00 e. The first kappa shape index (κ1) is 10.1. The second-order valence-corrected chi connectivity index (χ2v) is 0.843. The maximum atomic E-state index is 9.41. The van der Waals surface area contributed by atoms with Gasteiger partial charge in [-0.05, 0) is 0 Å². The molecule has 8 heavy (non-hydrogen) atoms. The first-order chi connectivity index (χ1) is 3.27. The highest BCUT2D eigenvalue weighted by Crippen LogP contribution is 1.05. The van der Waals surface area contributed by atoms with E-state index in [1.165, 1.54) is 0 Å². The second-order valence-electron chi connectivity index (χ2n) is 0.843. The van der Waals surface area contributed by atoms with Crippen molar-refractivity contribution in [3.63, 3.8) is 0 Å². The van der Waals surface area contributed by atoms with Gasteiger partial charge in [0.1, 0.15) is 0 Å². The molecule has 0 aromatic rings. The summed E-state index contributed by atoms with van der Waals surface area (Å²) in [6.07, 6.45) is 0.430. The molecule has 0 aliphatic carbocycles. The lowest BCUT2D eigenvalue weighted by molar-refractivity contribution is -0.510. The number of amides is 1. The van der Waals surface area contributed by atoms with E-state index >= 15 is 0 Å². The lowest BCUT2D eigenvalue weighted by Gasteiger charge is -1.79. The number of nitrogens with one attached hydrogen (secondary N) is 2. The number of nitrogens with two attached hydrogens (primary N) is 2. The minimum absolute atomic E-state index is 0. The van der Waals surface area contributed by atoms with Gasteiger partial charge in [-0.3, -0.25) is 16.3 Å². The molecule has 0 fully saturated rings. The van der Waals surface area contributed by atoms with Crippen LogP contribution >= 0.6 is 0 Å². The molecule has 6 heteroatoms. The van der Waals surface area contributed by atoms with E-state index in [0.29, 0.717) is 6.41 Å². The highest BCUT2D eigenvalue weighted by Gasteiger charge is 1.78. The van der Waals surface area contributed by atoms with E-state index in [2.05, 4.69) is 5.10 Å². The molecule has 0 aromatic carbocycles. The normalized spacial score (nSPS) is 6.00. The summed E-state index contributed by atoms with van der Waals surface area (Å²) in [7, 11) is 0. The summed E-state index contributed by atoms with van der Waals surface area (Å²) in [4.78, 5) is 9.41. The van der Waals surface area contributed by atoms with Crippen molar-refractivity contribution in [3.8, 4) is 0 Å². The first-order valence-electron chi connectivity index (χ1n) is 1.60. The van der Waals surface area contributed by atoms with E-state index in [4.69, 9.17) is 11.5 Å². The molecule has 0 aliphatic heterocycles. The average molecular weight is 139 g/mol. The molecule has 0 heterocycles. The van der Waals surface area contributed by atoms with Gasteiger partial charge in [-0.1, -0.05) is 0 Å². The molecule has 1 amide bonds. The van der Waals surface area contributed by atoms with Crippen molar-refractivity contribution >= 4 is 12.4 Å². The van der Waals surface area contributed by atoms with E-state index in [1.54, 1.807) is 0 Å². The van der Waals surface area contributed by atoms with Gasteiger partial charge >= 0.3 is 5.96 Å². The fraction of sp³-hybridized carbons (Fsp3) is 0. The van der Waals surface area contributed by atoms with Gasteiger partial charge in [0.25, 0.3) is 0 Å². The number of carbonyl (C=O) groups is 1. The summed E-state index contributed by atoms with van der Waals surface area (Å²) in [6, 6.07) is 0. The van der Waals surface area contributed by atoms with Crippen LogP contribution in [-0.4, -0.2) is 12.4 Å². The molecule has 0 spiro atoms. The zero-order valence-electron chi connectivity index (χ0n) is 4.02. The molecule has 0 rings (SSSR count). The molecular formula is C2H7ClN4O. The van der Waals surface area contributed by atoms with Crippen molar-refractivity contribution in [2.45, 2.75) is 0 Å². The predicted octanol–water partition coefficient (Wildman–Crippen LogP) is -6.99. The van der Waals surface area contributed by atoms with Gasteiger partial charge in [-0.25, -0.2) is 5.43 Å². The second kappa shape index (κ2) is 6.03. The van der Waals surface area contributed by atoms with E-state index in [1.807, 2.05) is 5.43 Å². The highest BCUT2D eigenvalue weighted by molar-refractivity contribution is 5.69. The third-order valence-corrected chi connectivity index (χ3v) is 0.275. The Balaban J connectivity index is 0. The van der Waals surface area contributed by atoms with Crippen LogP contribution in [0.2, 0.25) is 0 Å². The maximum Gasteiger partial charge on any atom is 0.360 e. The molecule has 0 saturated carbocycles. The Kier molecular flexibility index (Phi) is 7.62. The van der Waals surface area contributed by atoms with Gasteiger partial charge in [0.15, 0.2) is 0 Å². The average Bonchev–Trinajstić information content (AvgIpc) is 1.61. The summed E-state index contributed by atoms with van der Waals surface area (Å²) in [5, 5.41) is 2.15. The molecule has 6 N–H and O–H groups in total. The Morgan fingerprint density at radius 1 is 1.62 bits per heavy atom. The van der Waals surface area contributed by atoms with Crippen molar-refractivity contribution in [1.29, 1.82) is 0 Å². The number of carbonyl (C=O) groups excluding carboxylic acids is 1. The minimum atomic E-state index is -0.0351. The van der Waals surface area contributed by atoms with Crippen LogP contribution in [0, 0.1) is 0 Å². The molecule has 0 radical (unpaired) electrons. The summed E-state index contributed by atoms with van der Waals surface area (Å²) in [6.45, 7) is 0. The van der Waals surface area contributed by atoms with Crippen molar-refractivity contribution in [2.75, 3.05) is 0 Å². The smallest absolute Gasteiger partial charge is 0.360 e. The standard InChI is InChI=1S/C2H6N4O.ClH/c3-2(4)6-5-1-7;/h1H,(H,5,7)(H4,3,4,6);1H. The summed E-state index contributed by atoms with van der Waals surface area (Å²) in [5.74, 6) is -0.0351. The van der Waals surface area contributed by atoms with Crippen molar-refractivity contribution in [1.82, 2.24) is 5.43 Å². The Hall–Kier alpha value is -0.970. The Morgan fingerprint density at radius 3 is 2.25 bits per heavy atom. The largest absolute Gasteiger partial charge is 1.00 e. The molecule has 0 unspecified atom stereocenters. The van der Waals surface area contributed by atoms with E-state index in [9.17, 15) is 4.79 Å². The molecule has 0 bridgehead atoms. The lowest BCUT2D eigenvalue weighted by Crippen LogP contribution is -3.00. The zero-order valence-corrected chi connectivity index (χ0v) is 4.77. The van der Waals surface area contributed by atoms with Gasteiger partial charge in [-0.15, -0.1) is 0 Å². The number of hydrazine groups is 1. The monoisotopic (exact) mass is 138 g/mol. The van der Waals surface area contributed by atoms with Crippen LogP contribution in [-0.2, 0) is 4.79 Å². The Morgan fingerprint density at radius 2 is 2.12 bits per heavy atom. The van der Waals surface area contributed by atoms with Crippen LogP contribution in [0.25, 0.3) is 0 Å². The number of rotatable bonds is 2. The Bertz CT molecular complexity index is 88.0. The first-order valence-corrected chi connectivity index (χ1v) is 1.60. The van der Waals surface area contributed by atoms with Gasteiger partial charge in [0.05, 0.1) is 0 Å². The van der Waals surface area contributed by atoms with Crippen LogP contribution in [0.3, 0.4) is 0 Å². The molecular weight excluding hydrogens is 132 g/mol. The van der Waals surface area contributed by atoms with Gasteiger partial charge in [0, 0.05) is 0 Å². The topological polar surface area (TPSA) is 95.1 Å². The molecule has 0 aliphatic rings. The van der Waals surface area contributed by atoms with Crippen molar-refractivity contribution in [3.05, 3.63) is 0 Å². The van der Waals surface area contributed by atoms with Crippen LogP contribution < -0.4 is 34.4 Å². The van der Waals surface area contributed by atoms with Crippen LogP contribution in [0.1, 0.15) is 0 Å². The van der Waals surface area contributed by atoms with Crippen molar-refractivity contribution < 1.29 is 22.3 Å². The third kappa shape index (κ3) is 8.90. The zero-order chi connectivity index (χ0) is 5.70. The molecule has 48 valence electrons. The van der Waals surface area contributed by atoms with Crippen molar-refractivity contribution in [2.24, 2.45) is 11.5 Å². The van der Waals surface area contributed by atoms with Crippen LogP contribution in [0.5, 0.6) is 0 Å². The van der Waals surface area contributed by atoms with Crippen LogP contribution in [0.4, 0.5) is 0 Å². The van der Waals surface area contributed by atoms with Gasteiger partial charge < -0.3 is 12.4 Å². The van der Waals surface area contributed by atoms with Crippen LogP contribution in [0.15, 0.2) is 0 Å². The fourth-order valence-corrected chi connectivity index (χ4v) is 0.113. The predicted molar refractivity (Wildman–Crippen MR) is 23.5 cm³/mol. The van der Waals surface area contributed by atoms with E-state index in [0.717, 1.165) is 0 Å². The lowest BCUT2D eigenvalue weighted by atomic mass is 11.1. The molecule has 5 nitrogen and oxygen atoms in total. The third-order valence-electron chi connectivity index (χ3n) is 0.275. The summed E-state index contributed by atoms with van der Waals surface area (Å²) >= 11 is 0. The highest BCUT2D eigenvalue weighted by atomic mass is 35.5. The summed E-state index contributed by atoms with van der Waals surface area (Å²) < 4.78 is 0. The van der Waals surface area contributed by atoms with E-state index < -0.39 is 0 Å². The Labute approximate surface area is 52.5 Å². The fourth-order valence-electron chi connectivity index (χ4n) is 0.113. The molecule has 0 atom stereocenters. The molecule has 0 aromatic heterocycles. The number of hydrazone groups is 1. The number of hydrogen-bond donors (Lipinski definition) is 4.